The molecule has 32 heavy (non-hydrogen) atoms. The summed E-state index contributed by atoms with van der Waals surface area (Å²) in [6.45, 7) is 1.20. The van der Waals surface area contributed by atoms with E-state index in [9.17, 15) is 4.79 Å². The van der Waals surface area contributed by atoms with Gasteiger partial charge in [-0.2, -0.15) is 4.98 Å². The summed E-state index contributed by atoms with van der Waals surface area (Å²) in [4.78, 5) is 30.3. The Morgan fingerprint density at radius 1 is 1.12 bits per heavy atom. The van der Waals surface area contributed by atoms with E-state index < -0.39 is 0 Å². The molecule has 2 aromatic heterocycles. The molecule has 0 aliphatic carbocycles. The molecule has 0 spiro atoms. The van der Waals surface area contributed by atoms with E-state index in [1.54, 1.807) is 6.07 Å². The van der Waals surface area contributed by atoms with E-state index in [0.29, 0.717) is 35.8 Å². The van der Waals surface area contributed by atoms with Crippen LogP contribution in [-0.4, -0.2) is 57.2 Å². The fourth-order valence-corrected chi connectivity index (χ4v) is 5.44. The van der Waals surface area contributed by atoms with Crippen molar-refractivity contribution in [1.29, 1.82) is 0 Å². The zero-order valence-electron chi connectivity index (χ0n) is 16.9. The van der Waals surface area contributed by atoms with Crippen LogP contribution >= 0.6 is 23.2 Å². The number of carbonyl (C=O) groups excluding carboxylic acids is 1. The van der Waals surface area contributed by atoms with Crippen LogP contribution in [0.5, 0.6) is 5.88 Å². The number of halogens is 2. The van der Waals surface area contributed by atoms with Crippen molar-refractivity contribution in [1.82, 2.24) is 19.9 Å². The van der Waals surface area contributed by atoms with Gasteiger partial charge in [-0.05, 0) is 30.0 Å². The number of aromatic nitrogens is 3. The molecule has 1 amide bonds. The fourth-order valence-electron chi connectivity index (χ4n) is 5.08. The summed E-state index contributed by atoms with van der Waals surface area (Å²) in [5.74, 6) is 1.07. The molecule has 1 aromatic carbocycles. The molecule has 0 N–H and O–H groups in total. The Balaban J connectivity index is 1.32. The van der Waals surface area contributed by atoms with Gasteiger partial charge < -0.3 is 14.4 Å². The molecule has 2 fully saturated rings. The van der Waals surface area contributed by atoms with E-state index in [1.165, 1.54) is 0 Å². The lowest BCUT2D eigenvalue weighted by molar-refractivity contribution is 0.0583. The lowest BCUT2D eigenvalue weighted by atomic mass is 10.0. The van der Waals surface area contributed by atoms with Gasteiger partial charge in [0, 0.05) is 12.6 Å². The van der Waals surface area contributed by atoms with Gasteiger partial charge in [-0.25, -0.2) is 14.8 Å². The smallest absolute Gasteiger partial charge is 0.410 e. The van der Waals surface area contributed by atoms with Crippen molar-refractivity contribution in [2.75, 3.05) is 18.1 Å². The summed E-state index contributed by atoms with van der Waals surface area (Å²) in [6, 6.07) is 11.2. The Morgan fingerprint density at radius 2 is 1.97 bits per heavy atom. The first-order valence-corrected chi connectivity index (χ1v) is 11.3. The van der Waals surface area contributed by atoms with Crippen LogP contribution in [0, 0.1) is 0 Å². The van der Waals surface area contributed by atoms with Gasteiger partial charge in [0.05, 0.1) is 23.6 Å². The molecule has 2 bridgehead atoms. The predicted molar refractivity (Wildman–Crippen MR) is 119 cm³/mol. The Kier molecular flexibility index (Phi) is 4.73. The van der Waals surface area contributed by atoms with Gasteiger partial charge in [0.2, 0.25) is 11.2 Å². The highest BCUT2D eigenvalue weighted by Crippen LogP contribution is 2.43. The first kappa shape index (κ1) is 19.8. The first-order valence-electron chi connectivity index (χ1n) is 10.5. The van der Waals surface area contributed by atoms with Gasteiger partial charge in [0.25, 0.3) is 0 Å². The van der Waals surface area contributed by atoms with Crippen molar-refractivity contribution < 1.29 is 14.3 Å². The average Bonchev–Trinajstić information content (AvgIpc) is 3.02. The molecule has 0 saturated carbocycles. The highest BCUT2D eigenvalue weighted by atomic mass is 35.5. The normalized spacial score (nSPS) is 23.5. The molecule has 3 aliphatic heterocycles. The van der Waals surface area contributed by atoms with Gasteiger partial charge in [0.1, 0.15) is 29.6 Å². The van der Waals surface area contributed by atoms with Crippen molar-refractivity contribution >= 4 is 46.0 Å². The van der Waals surface area contributed by atoms with E-state index in [1.807, 2.05) is 35.2 Å². The minimum absolute atomic E-state index is 0.0186. The lowest BCUT2D eigenvalue weighted by Gasteiger charge is -2.45. The van der Waals surface area contributed by atoms with E-state index in [-0.39, 0.29) is 41.3 Å². The summed E-state index contributed by atoms with van der Waals surface area (Å²) in [6.07, 6.45) is 1.46. The van der Waals surface area contributed by atoms with Crippen LogP contribution in [0.15, 0.2) is 36.4 Å². The molecular weight excluding hydrogens is 453 g/mol. The van der Waals surface area contributed by atoms with Crippen LogP contribution in [0.1, 0.15) is 18.4 Å². The monoisotopic (exact) mass is 471 g/mol. The molecule has 3 atom stereocenters. The zero-order valence-corrected chi connectivity index (χ0v) is 18.5. The number of ether oxygens (including phenoxy) is 2. The average molecular weight is 472 g/mol. The number of benzene rings is 1. The molecule has 0 radical (unpaired) electrons. The second-order valence-corrected chi connectivity index (χ2v) is 8.96. The SMILES string of the molecule is O=C(OCc1ccccc1)N1[C@H]2CC[C@@H]1C1COc3nc(Cl)cc4nc(Cl)nc(c34)N1C2. The van der Waals surface area contributed by atoms with Gasteiger partial charge in [-0.1, -0.05) is 41.9 Å². The summed E-state index contributed by atoms with van der Waals surface area (Å²) >= 11 is 12.4. The summed E-state index contributed by atoms with van der Waals surface area (Å²) < 4.78 is 11.7. The van der Waals surface area contributed by atoms with Crippen molar-refractivity contribution in [3.63, 3.8) is 0 Å². The molecular formula is C22H19Cl2N5O3. The van der Waals surface area contributed by atoms with E-state index >= 15 is 0 Å². The quantitative estimate of drug-likeness (QED) is 0.411. The van der Waals surface area contributed by atoms with Crippen molar-refractivity contribution in [2.45, 2.75) is 37.6 Å². The van der Waals surface area contributed by atoms with Crippen LogP contribution in [0.2, 0.25) is 10.4 Å². The number of hydrogen-bond donors (Lipinski definition) is 0. The molecule has 164 valence electrons. The van der Waals surface area contributed by atoms with Gasteiger partial charge >= 0.3 is 6.09 Å². The second-order valence-electron chi connectivity index (χ2n) is 8.24. The summed E-state index contributed by atoms with van der Waals surface area (Å²) in [7, 11) is 0. The third kappa shape index (κ3) is 3.20. The van der Waals surface area contributed by atoms with Crippen LogP contribution < -0.4 is 9.64 Å². The number of piperazine rings is 1. The predicted octanol–water partition coefficient (Wildman–Crippen LogP) is 4.08. The Bertz CT molecular complexity index is 1210. The topological polar surface area (TPSA) is 80.7 Å². The summed E-state index contributed by atoms with van der Waals surface area (Å²) in [5.41, 5.74) is 1.55. The Hall–Kier alpha value is -2.84. The lowest BCUT2D eigenvalue weighted by Crippen LogP contribution is -2.63. The van der Waals surface area contributed by atoms with Crippen LogP contribution in [0.25, 0.3) is 10.9 Å². The Morgan fingerprint density at radius 3 is 2.81 bits per heavy atom. The molecule has 3 aromatic rings. The standard InChI is InChI=1S/C22H19Cl2N5O3/c23-17-8-14-18-19(27-21(24)25-14)28-9-13-6-7-15(16(28)11-31-20(18)26-17)29(13)22(30)32-10-12-4-2-1-3-5-12/h1-5,8,13,15-16H,6-7,9-11H2/t13-,15+,16?/m0/s1. The van der Waals surface area contributed by atoms with Gasteiger partial charge in [-0.15, -0.1) is 0 Å². The number of rotatable bonds is 2. The number of carbonyl (C=O) groups is 1. The van der Waals surface area contributed by atoms with E-state index in [2.05, 4.69) is 19.9 Å². The van der Waals surface area contributed by atoms with Crippen LogP contribution in [0.3, 0.4) is 0 Å². The molecule has 2 saturated heterocycles. The van der Waals surface area contributed by atoms with Crippen LogP contribution in [-0.2, 0) is 11.3 Å². The fraction of sp³-hybridized carbons (Fsp3) is 0.364. The van der Waals surface area contributed by atoms with Gasteiger partial charge in [0.15, 0.2) is 0 Å². The molecule has 1 unspecified atom stereocenters. The number of nitrogens with zero attached hydrogens (tertiary/aromatic N) is 5. The molecule has 8 nitrogen and oxygen atoms in total. The minimum Gasteiger partial charge on any atom is -0.475 e. The maximum absolute atomic E-state index is 13.1. The van der Waals surface area contributed by atoms with Crippen molar-refractivity contribution in [3.05, 3.63) is 52.4 Å². The zero-order chi connectivity index (χ0) is 21.8. The Labute approximate surface area is 194 Å². The molecule has 5 heterocycles. The van der Waals surface area contributed by atoms with E-state index in [4.69, 9.17) is 32.7 Å². The van der Waals surface area contributed by atoms with E-state index in [0.717, 1.165) is 18.4 Å². The number of hydrogen-bond acceptors (Lipinski definition) is 7. The highest BCUT2D eigenvalue weighted by molar-refractivity contribution is 6.31. The maximum Gasteiger partial charge on any atom is 0.410 e. The molecule has 3 aliphatic rings. The minimum atomic E-state index is -0.296. The maximum atomic E-state index is 13.1. The number of pyridine rings is 1. The molecule has 6 rings (SSSR count). The molecule has 10 heteroatoms. The van der Waals surface area contributed by atoms with Crippen LogP contribution in [0.4, 0.5) is 10.6 Å². The largest absolute Gasteiger partial charge is 0.475 e. The first-order chi connectivity index (χ1) is 15.6. The van der Waals surface area contributed by atoms with Crippen molar-refractivity contribution in [3.8, 4) is 5.88 Å². The number of anilines is 1. The van der Waals surface area contributed by atoms with Gasteiger partial charge in [-0.3, -0.25) is 4.90 Å². The third-order valence-corrected chi connectivity index (χ3v) is 6.81. The second kappa shape index (κ2) is 7.64. The summed E-state index contributed by atoms with van der Waals surface area (Å²) in [5, 5.41) is 1.11. The van der Waals surface area contributed by atoms with Crippen molar-refractivity contribution in [2.24, 2.45) is 0 Å². The highest BCUT2D eigenvalue weighted by Gasteiger charge is 2.51. The number of amides is 1. The number of fused-ring (bicyclic) bond motifs is 5. The third-order valence-electron chi connectivity index (χ3n) is 6.45.